The summed E-state index contributed by atoms with van der Waals surface area (Å²) in [5, 5.41) is 15.4. The molecule has 1 aliphatic heterocycles. The maximum atomic E-state index is 12.1. The number of nitrogens with zero attached hydrogens (tertiary/aromatic N) is 5. The van der Waals surface area contributed by atoms with Crippen LogP contribution < -0.4 is 5.32 Å². The molecule has 1 aliphatic carbocycles. The topological polar surface area (TPSA) is 85.2 Å². The van der Waals surface area contributed by atoms with E-state index in [1.54, 1.807) is 0 Å². The molecule has 0 spiro atoms. The van der Waals surface area contributed by atoms with Crippen molar-refractivity contribution in [1.82, 2.24) is 30.4 Å². The zero-order chi connectivity index (χ0) is 16.3. The number of tetrazole rings is 1. The van der Waals surface area contributed by atoms with Crippen LogP contribution in [0.25, 0.3) is 0 Å². The van der Waals surface area contributed by atoms with Gasteiger partial charge in [-0.25, -0.2) is 4.68 Å². The third-order valence-electron chi connectivity index (χ3n) is 4.27. The molecule has 8 nitrogen and oxygen atoms in total. The lowest BCUT2D eigenvalue weighted by atomic mass is 10.0. The average Bonchev–Trinajstić information content (AvgIpc) is 3.30. The van der Waals surface area contributed by atoms with Crippen molar-refractivity contribution in [1.29, 1.82) is 0 Å². The highest BCUT2D eigenvalue weighted by Crippen LogP contribution is 2.36. The van der Waals surface area contributed by atoms with Gasteiger partial charge in [-0.1, -0.05) is 11.8 Å². The fourth-order valence-electron chi connectivity index (χ4n) is 2.61. The second-order valence-electron chi connectivity index (χ2n) is 6.61. The van der Waals surface area contributed by atoms with E-state index in [2.05, 4.69) is 39.6 Å². The van der Waals surface area contributed by atoms with Crippen LogP contribution in [0.3, 0.4) is 0 Å². The Morgan fingerprint density at radius 3 is 2.83 bits per heavy atom. The van der Waals surface area contributed by atoms with Crippen molar-refractivity contribution in [3.8, 4) is 0 Å². The Hall–Kier alpha value is -1.19. The molecular formula is C14H24N6O2S. The number of hydrogen-bond donors (Lipinski definition) is 1. The summed E-state index contributed by atoms with van der Waals surface area (Å²) in [6.45, 7) is 8.27. The van der Waals surface area contributed by atoms with Gasteiger partial charge in [0.15, 0.2) is 0 Å². The van der Waals surface area contributed by atoms with Gasteiger partial charge in [0.25, 0.3) is 0 Å². The number of carbonyl (C=O) groups is 1. The van der Waals surface area contributed by atoms with Gasteiger partial charge in [-0.05, 0) is 37.1 Å². The van der Waals surface area contributed by atoms with Gasteiger partial charge in [-0.3, -0.25) is 9.69 Å². The Labute approximate surface area is 140 Å². The Morgan fingerprint density at radius 2 is 2.13 bits per heavy atom. The van der Waals surface area contributed by atoms with E-state index in [0.29, 0.717) is 18.3 Å². The van der Waals surface area contributed by atoms with Gasteiger partial charge in [0.2, 0.25) is 11.1 Å². The van der Waals surface area contributed by atoms with Crippen molar-refractivity contribution in [2.45, 2.75) is 43.4 Å². The van der Waals surface area contributed by atoms with Crippen molar-refractivity contribution < 1.29 is 9.53 Å². The van der Waals surface area contributed by atoms with E-state index in [1.807, 2.05) is 4.68 Å². The lowest BCUT2D eigenvalue weighted by Gasteiger charge is -2.40. The summed E-state index contributed by atoms with van der Waals surface area (Å²) in [6.07, 6.45) is 2.25. The van der Waals surface area contributed by atoms with Crippen LogP contribution in [0.15, 0.2) is 5.16 Å². The van der Waals surface area contributed by atoms with Crippen LogP contribution in [0.4, 0.5) is 0 Å². The summed E-state index contributed by atoms with van der Waals surface area (Å²) in [5.41, 5.74) is -0.0697. The van der Waals surface area contributed by atoms with Crippen LogP contribution in [0.2, 0.25) is 0 Å². The summed E-state index contributed by atoms with van der Waals surface area (Å²) in [4.78, 5) is 14.5. The molecule has 9 heteroatoms. The Morgan fingerprint density at radius 1 is 1.39 bits per heavy atom. The van der Waals surface area contributed by atoms with Gasteiger partial charge < -0.3 is 10.1 Å². The maximum Gasteiger partial charge on any atom is 0.230 e. The number of rotatable bonds is 7. The minimum atomic E-state index is -0.0697. The molecule has 2 heterocycles. The number of nitrogens with one attached hydrogen (secondary N) is 1. The normalized spacial score (nSPS) is 19.7. The van der Waals surface area contributed by atoms with Gasteiger partial charge in [-0.2, -0.15) is 0 Å². The third kappa shape index (κ3) is 4.42. The molecule has 0 radical (unpaired) electrons. The molecule has 1 aromatic heterocycles. The van der Waals surface area contributed by atoms with E-state index in [9.17, 15) is 4.79 Å². The van der Waals surface area contributed by atoms with Gasteiger partial charge >= 0.3 is 0 Å². The summed E-state index contributed by atoms with van der Waals surface area (Å²) < 4.78 is 7.21. The van der Waals surface area contributed by atoms with Crippen LogP contribution in [0.5, 0.6) is 0 Å². The summed E-state index contributed by atoms with van der Waals surface area (Å²) in [5.74, 6) is 0.355. The monoisotopic (exact) mass is 340 g/mol. The predicted octanol–water partition coefficient (Wildman–Crippen LogP) is 0.327. The number of hydrogen-bond acceptors (Lipinski definition) is 7. The lowest BCUT2D eigenvalue weighted by Crippen LogP contribution is -2.55. The van der Waals surface area contributed by atoms with Gasteiger partial charge in [0.05, 0.1) is 25.0 Å². The number of ether oxygens (including phenoxy) is 1. The molecule has 128 valence electrons. The van der Waals surface area contributed by atoms with Crippen molar-refractivity contribution in [2.75, 3.05) is 38.6 Å². The molecule has 1 N–H and O–H groups in total. The molecule has 2 fully saturated rings. The Kier molecular flexibility index (Phi) is 5.17. The van der Waals surface area contributed by atoms with Gasteiger partial charge in [0, 0.05) is 25.2 Å². The average molecular weight is 340 g/mol. The van der Waals surface area contributed by atoms with Crippen LogP contribution in [-0.4, -0.2) is 75.2 Å². The minimum absolute atomic E-state index is 0.0154. The molecular weight excluding hydrogens is 316 g/mol. The highest BCUT2D eigenvalue weighted by molar-refractivity contribution is 7.99. The van der Waals surface area contributed by atoms with Gasteiger partial charge in [0.1, 0.15) is 0 Å². The highest BCUT2D eigenvalue weighted by atomic mass is 32.2. The van der Waals surface area contributed by atoms with Crippen molar-refractivity contribution in [3.05, 3.63) is 0 Å². The zero-order valence-electron chi connectivity index (χ0n) is 13.7. The first-order valence-corrected chi connectivity index (χ1v) is 9.05. The first-order valence-electron chi connectivity index (χ1n) is 8.06. The van der Waals surface area contributed by atoms with E-state index < -0.39 is 0 Å². The minimum Gasteiger partial charge on any atom is -0.379 e. The summed E-state index contributed by atoms with van der Waals surface area (Å²) >= 11 is 1.40. The standard InChI is InChI=1S/C14H24N6O2S/c1-14(2,19-5-7-22-8-6-19)10-15-12(21)9-23-13-16-17-18-20(13)11-3-4-11/h11H,3-10H2,1-2H3,(H,15,21). The molecule has 2 aliphatic rings. The molecule has 3 rings (SSSR count). The second-order valence-corrected chi connectivity index (χ2v) is 7.56. The number of thioether (sulfide) groups is 1. The quantitative estimate of drug-likeness (QED) is 0.716. The third-order valence-corrected chi connectivity index (χ3v) is 5.21. The smallest absolute Gasteiger partial charge is 0.230 e. The van der Waals surface area contributed by atoms with Crippen LogP contribution in [0.1, 0.15) is 32.7 Å². The van der Waals surface area contributed by atoms with Gasteiger partial charge in [-0.15, -0.1) is 5.10 Å². The molecule has 1 saturated heterocycles. The molecule has 0 atom stereocenters. The number of morpholine rings is 1. The summed E-state index contributed by atoms with van der Waals surface area (Å²) in [6, 6.07) is 0.427. The number of carbonyl (C=O) groups excluding carboxylic acids is 1. The zero-order valence-corrected chi connectivity index (χ0v) is 14.5. The predicted molar refractivity (Wildman–Crippen MR) is 86.3 cm³/mol. The first kappa shape index (κ1) is 16.7. The van der Waals surface area contributed by atoms with Crippen molar-refractivity contribution in [2.24, 2.45) is 0 Å². The SMILES string of the molecule is CC(C)(CNC(=O)CSc1nnnn1C1CC1)N1CCOCC1. The maximum absolute atomic E-state index is 12.1. The highest BCUT2D eigenvalue weighted by Gasteiger charge is 2.29. The van der Waals surface area contributed by atoms with Crippen LogP contribution in [-0.2, 0) is 9.53 Å². The first-order chi connectivity index (χ1) is 11.1. The second kappa shape index (κ2) is 7.14. The Balaban J connectivity index is 1.43. The van der Waals surface area contributed by atoms with E-state index in [4.69, 9.17) is 4.74 Å². The molecule has 1 saturated carbocycles. The Bertz CT molecular complexity index is 539. The van der Waals surface area contributed by atoms with E-state index in [1.165, 1.54) is 11.8 Å². The molecule has 1 aromatic rings. The largest absolute Gasteiger partial charge is 0.379 e. The lowest BCUT2D eigenvalue weighted by molar-refractivity contribution is -0.119. The van der Waals surface area contributed by atoms with Crippen molar-refractivity contribution >= 4 is 17.7 Å². The fraction of sp³-hybridized carbons (Fsp3) is 0.857. The van der Waals surface area contributed by atoms with E-state index >= 15 is 0 Å². The number of amides is 1. The fourth-order valence-corrected chi connectivity index (χ4v) is 3.38. The number of aromatic nitrogens is 4. The van der Waals surface area contributed by atoms with E-state index in [0.717, 1.165) is 44.3 Å². The molecule has 0 aromatic carbocycles. The molecule has 1 amide bonds. The van der Waals surface area contributed by atoms with Crippen LogP contribution in [0, 0.1) is 0 Å². The van der Waals surface area contributed by atoms with E-state index in [-0.39, 0.29) is 11.4 Å². The van der Waals surface area contributed by atoms with Crippen molar-refractivity contribution in [3.63, 3.8) is 0 Å². The molecule has 0 bridgehead atoms. The summed E-state index contributed by atoms with van der Waals surface area (Å²) in [7, 11) is 0. The molecule has 0 unspecified atom stereocenters. The molecule has 23 heavy (non-hydrogen) atoms. The van der Waals surface area contributed by atoms with Crippen LogP contribution >= 0.6 is 11.8 Å².